The van der Waals surface area contributed by atoms with Crippen LogP contribution in [0.2, 0.25) is 5.02 Å². The molecule has 0 radical (unpaired) electrons. The van der Waals surface area contributed by atoms with Crippen molar-refractivity contribution in [2.75, 3.05) is 13.2 Å². The van der Waals surface area contributed by atoms with Crippen LogP contribution in [0.25, 0.3) is 6.08 Å². The van der Waals surface area contributed by atoms with Crippen LogP contribution in [0.5, 0.6) is 11.5 Å². The number of carbonyl (C=O) groups is 2. The first-order chi connectivity index (χ1) is 16.0. The van der Waals surface area contributed by atoms with E-state index in [1.807, 2.05) is 61.5 Å². The Bertz CT molecular complexity index is 1200. The van der Waals surface area contributed by atoms with Crippen LogP contribution in [-0.2, 0) is 11.4 Å². The molecule has 3 aromatic rings. The zero-order chi connectivity index (χ0) is 23.2. The fourth-order valence-electron chi connectivity index (χ4n) is 3.26. The van der Waals surface area contributed by atoms with Gasteiger partial charge in [-0.2, -0.15) is 0 Å². The summed E-state index contributed by atoms with van der Waals surface area (Å²) in [5, 5.41) is 0.124. The number of aryl methyl sites for hydroxylation is 1. The van der Waals surface area contributed by atoms with E-state index < -0.39 is 0 Å². The number of carbonyl (C=O) groups excluding carboxylic acids is 2. The molecule has 1 heterocycles. The Morgan fingerprint density at radius 3 is 2.55 bits per heavy atom. The maximum atomic E-state index is 12.7. The van der Waals surface area contributed by atoms with Crippen molar-refractivity contribution in [1.29, 1.82) is 0 Å². The van der Waals surface area contributed by atoms with Gasteiger partial charge in [0.2, 0.25) is 0 Å². The first-order valence-corrected chi connectivity index (χ1v) is 11.6. The van der Waals surface area contributed by atoms with E-state index in [0.29, 0.717) is 33.6 Å². The Morgan fingerprint density at radius 1 is 0.970 bits per heavy atom. The number of thioether (sulfide) groups is 1. The molecule has 0 spiro atoms. The molecule has 1 aliphatic heterocycles. The minimum atomic E-state index is -0.335. The molecule has 3 aromatic carbocycles. The number of halogens is 1. The lowest BCUT2D eigenvalue weighted by Crippen LogP contribution is -2.32. The van der Waals surface area contributed by atoms with Gasteiger partial charge in [-0.3, -0.25) is 14.5 Å². The zero-order valence-corrected chi connectivity index (χ0v) is 19.6. The second-order valence-corrected chi connectivity index (χ2v) is 8.86. The third-order valence-electron chi connectivity index (χ3n) is 4.94. The van der Waals surface area contributed by atoms with Crippen molar-refractivity contribution in [1.82, 2.24) is 4.90 Å². The minimum absolute atomic E-state index is 0.184. The number of hydrogen-bond acceptors (Lipinski definition) is 5. The van der Waals surface area contributed by atoms with Gasteiger partial charge < -0.3 is 9.47 Å². The molecule has 0 aromatic heterocycles. The Kier molecular flexibility index (Phi) is 7.37. The van der Waals surface area contributed by atoms with Crippen molar-refractivity contribution in [3.63, 3.8) is 0 Å². The summed E-state index contributed by atoms with van der Waals surface area (Å²) in [4.78, 5) is 26.6. The summed E-state index contributed by atoms with van der Waals surface area (Å²) in [6.07, 6.45) is 1.67. The third-order valence-corrected chi connectivity index (χ3v) is 6.14. The van der Waals surface area contributed by atoms with Crippen LogP contribution in [-0.4, -0.2) is 29.2 Å². The van der Waals surface area contributed by atoms with Crippen LogP contribution in [0.4, 0.5) is 4.79 Å². The van der Waals surface area contributed by atoms with Gasteiger partial charge in [0.15, 0.2) is 0 Å². The summed E-state index contributed by atoms with van der Waals surface area (Å²) in [5.41, 5.74) is 2.84. The molecule has 7 heteroatoms. The molecule has 4 rings (SSSR count). The van der Waals surface area contributed by atoms with Crippen LogP contribution in [0.3, 0.4) is 0 Å². The summed E-state index contributed by atoms with van der Waals surface area (Å²) >= 11 is 7.28. The van der Waals surface area contributed by atoms with Gasteiger partial charge in [-0.05, 0) is 65.7 Å². The van der Waals surface area contributed by atoms with Crippen molar-refractivity contribution in [3.05, 3.63) is 99.4 Å². The number of benzene rings is 3. The van der Waals surface area contributed by atoms with Gasteiger partial charge in [0, 0.05) is 0 Å². The van der Waals surface area contributed by atoms with E-state index in [1.165, 1.54) is 4.90 Å². The van der Waals surface area contributed by atoms with Gasteiger partial charge in [0.1, 0.15) is 24.7 Å². The molecule has 0 N–H and O–H groups in total. The highest BCUT2D eigenvalue weighted by molar-refractivity contribution is 8.18. The van der Waals surface area contributed by atoms with Gasteiger partial charge >= 0.3 is 0 Å². The highest BCUT2D eigenvalue weighted by atomic mass is 35.5. The number of ether oxygens (including phenoxy) is 2. The molecule has 0 aliphatic carbocycles. The van der Waals surface area contributed by atoms with Crippen LogP contribution in [0, 0.1) is 6.92 Å². The third kappa shape index (κ3) is 5.97. The molecule has 33 heavy (non-hydrogen) atoms. The number of rotatable bonds is 8. The second-order valence-electron chi connectivity index (χ2n) is 7.46. The fraction of sp³-hybridized carbons (Fsp3) is 0.154. The predicted octanol–water partition coefficient (Wildman–Crippen LogP) is 6.34. The lowest BCUT2D eigenvalue weighted by Gasteiger charge is -2.13. The van der Waals surface area contributed by atoms with E-state index in [9.17, 15) is 9.59 Å². The first kappa shape index (κ1) is 23.0. The molecule has 5 nitrogen and oxygen atoms in total. The molecule has 168 valence electrons. The van der Waals surface area contributed by atoms with Gasteiger partial charge in [0.25, 0.3) is 11.1 Å². The SMILES string of the molecule is Cc1cccc(OCCN2C(=O)S/C(=C\c3ccc(OCc4ccccc4)c(Cl)c3)C2=O)c1. The number of hydrogen-bond donors (Lipinski definition) is 0. The minimum Gasteiger partial charge on any atom is -0.492 e. The van der Waals surface area contributed by atoms with Crippen molar-refractivity contribution in [2.45, 2.75) is 13.5 Å². The van der Waals surface area contributed by atoms with E-state index >= 15 is 0 Å². The van der Waals surface area contributed by atoms with E-state index in [2.05, 4.69) is 0 Å². The molecule has 2 amide bonds. The fourth-order valence-corrected chi connectivity index (χ4v) is 4.37. The molecular formula is C26H22ClNO4S. The first-order valence-electron chi connectivity index (χ1n) is 10.4. The van der Waals surface area contributed by atoms with E-state index in [1.54, 1.807) is 24.3 Å². The molecule has 1 saturated heterocycles. The normalized spacial score (nSPS) is 14.7. The van der Waals surface area contributed by atoms with Crippen LogP contribution in [0.1, 0.15) is 16.7 Å². The van der Waals surface area contributed by atoms with Gasteiger partial charge in [-0.25, -0.2) is 0 Å². The Morgan fingerprint density at radius 2 is 1.79 bits per heavy atom. The number of amides is 2. The quantitative estimate of drug-likeness (QED) is 0.353. The Balaban J connectivity index is 1.36. The number of nitrogens with zero attached hydrogens (tertiary/aromatic N) is 1. The topological polar surface area (TPSA) is 55.8 Å². The van der Waals surface area contributed by atoms with Crippen molar-refractivity contribution < 1.29 is 19.1 Å². The van der Waals surface area contributed by atoms with Gasteiger partial charge in [0.05, 0.1) is 16.5 Å². The van der Waals surface area contributed by atoms with Crippen LogP contribution < -0.4 is 9.47 Å². The Hall–Kier alpha value is -3.22. The smallest absolute Gasteiger partial charge is 0.293 e. The summed E-state index contributed by atoms with van der Waals surface area (Å²) in [7, 11) is 0. The average molecular weight is 480 g/mol. The maximum Gasteiger partial charge on any atom is 0.293 e. The van der Waals surface area contributed by atoms with Gasteiger partial charge in [-0.15, -0.1) is 0 Å². The zero-order valence-electron chi connectivity index (χ0n) is 18.0. The molecular weight excluding hydrogens is 458 g/mol. The average Bonchev–Trinajstić information content (AvgIpc) is 3.06. The van der Waals surface area contributed by atoms with Crippen molar-refractivity contribution in [3.8, 4) is 11.5 Å². The molecule has 1 fully saturated rings. The van der Waals surface area contributed by atoms with E-state index in [0.717, 1.165) is 22.9 Å². The lowest BCUT2D eigenvalue weighted by molar-refractivity contribution is -0.123. The van der Waals surface area contributed by atoms with Crippen LogP contribution in [0.15, 0.2) is 77.7 Å². The van der Waals surface area contributed by atoms with E-state index in [4.69, 9.17) is 21.1 Å². The molecule has 0 unspecified atom stereocenters. The van der Waals surface area contributed by atoms with Crippen LogP contribution >= 0.6 is 23.4 Å². The van der Waals surface area contributed by atoms with E-state index in [-0.39, 0.29) is 24.3 Å². The van der Waals surface area contributed by atoms with Crippen molar-refractivity contribution in [2.24, 2.45) is 0 Å². The Labute approximate surface area is 202 Å². The second kappa shape index (κ2) is 10.6. The largest absolute Gasteiger partial charge is 0.492 e. The predicted molar refractivity (Wildman–Crippen MR) is 132 cm³/mol. The summed E-state index contributed by atoms with van der Waals surface area (Å²) in [6, 6.07) is 22.7. The molecule has 1 aliphatic rings. The summed E-state index contributed by atoms with van der Waals surface area (Å²) in [6.45, 7) is 2.79. The molecule has 0 bridgehead atoms. The summed E-state index contributed by atoms with van der Waals surface area (Å²) in [5.74, 6) is 0.930. The molecule has 0 saturated carbocycles. The summed E-state index contributed by atoms with van der Waals surface area (Å²) < 4.78 is 11.5. The monoisotopic (exact) mass is 479 g/mol. The standard InChI is InChI=1S/C26H22ClNO4S/c1-18-6-5-9-21(14-18)31-13-12-28-25(29)24(33-26(28)30)16-20-10-11-23(22(27)15-20)32-17-19-7-3-2-4-8-19/h2-11,14-16H,12-13,17H2,1H3/b24-16-. The highest BCUT2D eigenvalue weighted by Gasteiger charge is 2.34. The van der Waals surface area contributed by atoms with Gasteiger partial charge in [-0.1, -0.05) is 60.1 Å². The van der Waals surface area contributed by atoms with Crippen molar-refractivity contribution >= 4 is 40.6 Å². The highest BCUT2D eigenvalue weighted by Crippen LogP contribution is 2.34. The maximum absolute atomic E-state index is 12.7. The molecule has 0 atom stereocenters. The lowest BCUT2D eigenvalue weighted by atomic mass is 10.2. The number of imide groups is 1.